The van der Waals surface area contributed by atoms with Gasteiger partial charge < -0.3 is 28.8 Å². The van der Waals surface area contributed by atoms with Crippen LogP contribution in [0, 0.1) is 36.5 Å². The van der Waals surface area contributed by atoms with Crippen molar-refractivity contribution in [1.29, 1.82) is 10.5 Å². The van der Waals surface area contributed by atoms with Crippen molar-refractivity contribution in [3.63, 3.8) is 0 Å². The number of hydrogen-bond donors (Lipinski definition) is 2. The predicted octanol–water partition coefficient (Wildman–Crippen LogP) is 7.71. The van der Waals surface area contributed by atoms with Crippen LogP contribution in [0.4, 0.5) is 0 Å². The summed E-state index contributed by atoms with van der Waals surface area (Å²) >= 11 is 0. The Hall–Kier alpha value is -8.44. The lowest BCUT2D eigenvalue weighted by Gasteiger charge is -2.31. The molecular weight excluding hydrogens is 857 g/mol. The molecule has 8 aromatic rings. The minimum Gasteiger partial charge on any atom is -0.495 e. The SMILES string of the molecule is COc1cc(/C=C/c2nc3n(n2)CCC[C@@]3(O)c2ccc(C#N)cc2)ccc1-n1cnc(C)c1.COc1cc(/C=C/c2nc3n(n2)CCC[C@]3(O)c2ccc(C#N)cc2)ccc1-n1cnc(C)c1. The van der Waals surface area contributed by atoms with Crippen LogP contribution in [0.15, 0.2) is 110 Å². The van der Waals surface area contributed by atoms with Crippen molar-refractivity contribution in [3.05, 3.63) is 178 Å². The summed E-state index contributed by atoms with van der Waals surface area (Å²) < 4.78 is 18.6. The number of aryl methyl sites for hydroxylation is 4. The molecule has 0 radical (unpaired) electrons. The Labute approximate surface area is 393 Å². The first-order valence-corrected chi connectivity index (χ1v) is 22.1. The van der Waals surface area contributed by atoms with E-state index in [4.69, 9.17) is 20.0 Å². The highest BCUT2D eigenvalue weighted by Gasteiger charge is 2.40. The fourth-order valence-electron chi connectivity index (χ4n) is 8.63. The molecule has 0 saturated carbocycles. The maximum absolute atomic E-state index is 11.5. The molecule has 6 heterocycles. The van der Waals surface area contributed by atoms with E-state index in [1.165, 1.54) is 0 Å². The van der Waals surface area contributed by atoms with Crippen molar-refractivity contribution in [3.8, 4) is 35.0 Å². The van der Waals surface area contributed by atoms with E-state index in [0.717, 1.165) is 58.2 Å². The molecule has 2 aliphatic rings. The molecule has 2 N–H and O–H groups in total. The highest BCUT2D eigenvalue weighted by molar-refractivity contribution is 5.70. The third-order valence-corrected chi connectivity index (χ3v) is 12.2. The monoisotopic (exact) mass is 904 g/mol. The molecule has 0 fully saturated rings. The van der Waals surface area contributed by atoms with Gasteiger partial charge in [-0.1, -0.05) is 48.6 Å². The third-order valence-electron chi connectivity index (χ3n) is 12.2. The molecule has 2 atom stereocenters. The number of ether oxygens (including phenoxy) is 2. The van der Waals surface area contributed by atoms with Gasteiger partial charge in [-0.05, 0) is 122 Å². The van der Waals surface area contributed by atoms with Crippen molar-refractivity contribution in [2.24, 2.45) is 0 Å². The average molecular weight is 905 g/mol. The summed E-state index contributed by atoms with van der Waals surface area (Å²) in [5.41, 5.74) is 5.61. The molecule has 0 saturated heterocycles. The maximum atomic E-state index is 11.5. The molecule has 0 amide bonds. The van der Waals surface area contributed by atoms with Crippen molar-refractivity contribution in [2.75, 3.05) is 14.2 Å². The Bertz CT molecular complexity index is 3040. The summed E-state index contributed by atoms with van der Waals surface area (Å²) in [6.45, 7) is 5.28. The van der Waals surface area contributed by atoms with E-state index >= 15 is 0 Å². The second kappa shape index (κ2) is 18.8. The smallest absolute Gasteiger partial charge is 0.174 e. The number of fused-ring (bicyclic) bond motifs is 2. The molecule has 16 nitrogen and oxygen atoms in total. The topological polar surface area (TPSA) is 204 Å². The number of nitriles is 2. The van der Waals surface area contributed by atoms with E-state index in [1.807, 2.05) is 96.1 Å². The molecule has 0 aliphatic carbocycles. The minimum absolute atomic E-state index is 0.520. The summed E-state index contributed by atoms with van der Waals surface area (Å²) in [6, 6.07) is 30.1. The fraction of sp³-hybridized carbons (Fsp3) is 0.231. The van der Waals surface area contributed by atoms with Crippen LogP contribution >= 0.6 is 0 Å². The van der Waals surface area contributed by atoms with Crippen LogP contribution in [0.5, 0.6) is 11.5 Å². The fourth-order valence-corrected chi connectivity index (χ4v) is 8.63. The Morgan fingerprint density at radius 1 is 0.588 bits per heavy atom. The van der Waals surface area contributed by atoms with Crippen LogP contribution in [0.2, 0.25) is 0 Å². The van der Waals surface area contributed by atoms with Crippen molar-refractivity contribution in [2.45, 2.75) is 63.8 Å². The lowest BCUT2D eigenvalue weighted by Crippen LogP contribution is -2.35. The zero-order chi connectivity index (χ0) is 47.4. The van der Waals surface area contributed by atoms with Crippen LogP contribution in [-0.2, 0) is 24.3 Å². The Balaban J connectivity index is 0.000000170. The Kier molecular flexibility index (Phi) is 12.4. The Morgan fingerprint density at radius 2 is 1.00 bits per heavy atom. The first-order valence-electron chi connectivity index (χ1n) is 22.1. The summed E-state index contributed by atoms with van der Waals surface area (Å²) in [5, 5.41) is 50.3. The lowest BCUT2D eigenvalue weighted by molar-refractivity contribution is 0.0392. The number of benzene rings is 4. The first-order chi connectivity index (χ1) is 33.0. The lowest BCUT2D eigenvalue weighted by atomic mass is 9.86. The van der Waals surface area contributed by atoms with Crippen molar-refractivity contribution in [1.82, 2.24) is 48.6 Å². The normalized spacial score (nSPS) is 17.5. The van der Waals surface area contributed by atoms with Gasteiger partial charge in [0, 0.05) is 25.5 Å². The number of methoxy groups -OCH3 is 2. The zero-order valence-corrected chi connectivity index (χ0v) is 38.0. The number of aliphatic hydroxyl groups is 2. The summed E-state index contributed by atoms with van der Waals surface area (Å²) in [5.74, 6) is 3.55. The molecule has 4 aromatic heterocycles. The molecule has 0 spiro atoms. The van der Waals surface area contributed by atoms with Crippen LogP contribution in [-0.4, -0.2) is 73.1 Å². The highest BCUT2D eigenvalue weighted by Crippen LogP contribution is 2.38. The van der Waals surface area contributed by atoms with Crippen molar-refractivity contribution < 1.29 is 19.7 Å². The second-order valence-corrected chi connectivity index (χ2v) is 16.7. The van der Waals surface area contributed by atoms with Crippen LogP contribution in [0.3, 0.4) is 0 Å². The van der Waals surface area contributed by atoms with Gasteiger partial charge >= 0.3 is 0 Å². The van der Waals surface area contributed by atoms with Gasteiger partial charge in [-0.2, -0.15) is 20.7 Å². The van der Waals surface area contributed by atoms with Gasteiger partial charge in [0.05, 0.1) is 72.9 Å². The van der Waals surface area contributed by atoms with E-state index in [9.17, 15) is 10.2 Å². The number of hydrogen-bond acceptors (Lipinski definition) is 12. The number of rotatable bonds is 10. The van der Waals surface area contributed by atoms with Crippen molar-refractivity contribution >= 4 is 24.3 Å². The molecule has 0 bridgehead atoms. The minimum atomic E-state index is -1.24. The van der Waals surface area contributed by atoms with Gasteiger partial charge in [-0.25, -0.2) is 29.3 Å². The molecule has 16 heteroatoms. The quantitative estimate of drug-likeness (QED) is 0.136. The van der Waals surface area contributed by atoms with E-state index < -0.39 is 11.2 Å². The van der Waals surface area contributed by atoms with E-state index in [0.29, 0.717) is 71.5 Å². The van der Waals surface area contributed by atoms with Gasteiger partial charge in [-0.3, -0.25) is 0 Å². The van der Waals surface area contributed by atoms with Gasteiger partial charge in [-0.15, -0.1) is 0 Å². The van der Waals surface area contributed by atoms with E-state index in [2.05, 4.69) is 42.3 Å². The Morgan fingerprint density at radius 3 is 1.35 bits per heavy atom. The van der Waals surface area contributed by atoms with Crippen LogP contribution < -0.4 is 9.47 Å². The molecule has 2 aliphatic heterocycles. The van der Waals surface area contributed by atoms with Gasteiger partial charge in [0.1, 0.15) is 22.7 Å². The van der Waals surface area contributed by atoms with E-state index in [-0.39, 0.29) is 0 Å². The average Bonchev–Trinajstić information content (AvgIpc) is 4.20. The summed E-state index contributed by atoms with van der Waals surface area (Å²) in [4.78, 5) is 17.9. The highest BCUT2D eigenvalue weighted by atomic mass is 16.5. The van der Waals surface area contributed by atoms with E-state index in [1.54, 1.807) is 84.8 Å². The molecule has 68 heavy (non-hydrogen) atoms. The number of nitrogens with zero attached hydrogens (tertiary/aromatic N) is 12. The van der Waals surface area contributed by atoms with Gasteiger partial charge in [0.15, 0.2) is 23.3 Å². The third kappa shape index (κ3) is 8.93. The first kappa shape index (κ1) is 44.7. The standard InChI is InChI=1S/2C26H24N6O2/c2*1-18-16-31(17-28-18)22-10-6-19(14-23(22)34-2)7-11-24-29-25-26(33,12-3-13-32(25)30-24)21-8-4-20(15-27)5-9-21/h2*4-11,14,16-17,33H,3,12-13H2,1-2H3/b2*11-7+/t2*26-/m10/s1. The molecular formula is C52H48N12O4. The largest absolute Gasteiger partial charge is 0.495 e. The molecule has 0 unspecified atom stereocenters. The summed E-state index contributed by atoms with van der Waals surface area (Å²) in [6.07, 6.45) is 17.6. The van der Waals surface area contributed by atoms with Gasteiger partial charge in [0.25, 0.3) is 0 Å². The molecule has 340 valence electrons. The second-order valence-electron chi connectivity index (χ2n) is 16.7. The summed E-state index contributed by atoms with van der Waals surface area (Å²) in [7, 11) is 3.29. The van der Waals surface area contributed by atoms with Gasteiger partial charge in [0.2, 0.25) is 0 Å². The maximum Gasteiger partial charge on any atom is 0.174 e. The number of imidazole rings is 2. The van der Waals surface area contributed by atoms with Crippen LogP contribution in [0.25, 0.3) is 35.7 Å². The number of aromatic nitrogens is 10. The predicted molar refractivity (Wildman–Crippen MR) is 254 cm³/mol. The van der Waals surface area contributed by atoms with Crippen LogP contribution in [0.1, 0.15) is 93.7 Å². The molecule has 4 aromatic carbocycles. The zero-order valence-electron chi connectivity index (χ0n) is 38.0. The molecule has 10 rings (SSSR count).